The second-order valence-corrected chi connectivity index (χ2v) is 5.55. The van der Waals surface area contributed by atoms with Crippen LogP contribution in [0, 0.1) is 6.92 Å². The predicted molar refractivity (Wildman–Crippen MR) is 82.1 cm³/mol. The average molecular weight is 378 g/mol. The van der Waals surface area contributed by atoms with Gasteiger partial charge in [-0.1, -0.05) is 27.5 Å². The molecule has 3 nitrogen and oxygen atoms in total. The highest BCUT2D eigenvalue weighted by Gasteiger charge is 2.11. The van der Waals surface area contributed by atoms with E-state index in [1.54, 1.807) is 18.3 Å². The Bertz CT molecular complexity index is 620. The van der Waals surface area contributed by atoms with E-state index in [4.69, 9.17) is 11.6 Å². The van der Waals surface area contributed by atoms with E-state index in [1.165, 1.54) is 6.07 Å². The fourth-order valence-corrected chi connectivity index (χ4v) is 2.50. The second-order valence-electron chi connectivity index (χ2n) is 4.28. The molecule has 0 aliphatic heterocycles. The van der Waals surface area contributed by atoms with Gasteiger partial charge in [-0.3, -0.25) is 0 Å². The fraction of sp³-hybridized carbons (Fsp3) is 0.214. The molecule has 0 saturated carbocycles. The van der Waals surface area contributed by atoms with Crippen LogP contribution in [0.3, 0.4) is 0 Å². The number of benzene rings is 1. The van der Waals surface area contributed by atoms with Crippen LogP contribution in [0.4, 0.5) is 14.5 Å². The van der Waals surface area contributed by atoms with Crippen LogP contribution in [0.1, 0.15) is 11.1 Å². The highest BCUT2D eigenvalue weighted by atomic mass is 79.9. The topological polar surface area (TPSA) is 34.2 Å². The van der Waals surface area contributed by atoms with Crippen molar-refractivity contribution in [1.29, 1.82) is 0 Å². The van der Waals surface area contributed by atoms with Crippen molar-refractivity contribution in [1.82, 2.24) is 4.98 Å². The zero-order valence-corrected chi connectivity index (χ0v) is 13.4. The van der Waals surface area contributed by atoms with Gasteiger partial charge in [0.05, 0.1) is 5.69 Å². The van der Waals surface area contributed by atoms with Crippen molar-refractivity contribution < 1.29 is 13.5 Å². The second kappa shape index (κ2) is 7.04. The maximum Gasteiger partial charge on any atom is 0.387 e. The van der Waals surface area contributed by atoms with Gasteiger partial charge in [0.25, 0.3) is 0 Å². The van der Waals surface area contributed by atoms with E-state index in [0.717, 1.165) is 10.0 Å². The Kier molecular flexibility index (Phi) is 5.36. The summed E-state index contributed by atoms with van der Waals surface area (Å²) in [7, 11) is 0. The number of hydrogen-bond donors (Lipinski definition) is 1. The Hall–Kier alpha value is -1.40. The van der Waals surface area contributed by atoms with Gasteiger partial charge in [0.15, 0.2) is 5.15 Å². The SMILES string of the molecule is Cc1ccnc(Cl)c1NCc1cc(Br)ccc1OC(F)F. The summed E-state index contributed by atoms with van der Waals surface area (Å²) < 4.78 is 30.1. The number of nitrogens with zero attached hydrogens (tertiary/aromatic N) is 1. The molecule has 0 atom stereocenters. The lowest BCUT2D eigenvalue weighted by atomic mass is 10.2. The van der Waals surface area contributed by atoms with E-state index in [2.05, 4.69) is 31.0 Å². The molecular weight excluding hydrogens is 366 g/mol. The van der Waals surface area contributed by atoms with E-state index in [-0.39, 0.29) is 12.3 Å². The van der Waals surface area contributed by atoms with Gasteiger partial charge >= 0.3 is 6.61 Å². The molecule has 1 aromatic heterocycles. The first-order valence-electron chi connectivity index (χ1n) is 6.05. The lowest BCUT2D eigenvalue weighted by Crippen LogP contribution is -2.08. The summed E-state index contributed by atoms with van der Waals surface area (Å²) in [5.41, 5.74) is 2.17. The number of halogens is 4. The Morgan fingerprint density at radius 2 is 2.14 bits per heavy atom. The van der Waals surface area contributed by atoms with Crippen LogP contribution in [-0.4, -0.2) is 11.6 Å². The first-order valence-corrected chi connectivity index (χ1v) is 7.22. The predicted octanol–water partition coefficient (Wildman–Crippen LogP) is 5.02. The monoisotopic (exact) mass is 376 g/mol. The van der Waals surface area contributed by atoms with E-state index < -0.39 is 6.61 Å². The Morgan fingerprint density at radius 3 is 2.81 bits per heavy atom. The minimum atomic E-state index is -2.87. The number of alkyl halides is 2. The van der Waals surface area contributed by atoms with E-state index >= 15 is 0 Å². The molecular formula is C14H12BrClF2N2O. The number of nitrogens with one attached hydrogen (secondary N) is 1. The number of pyridine rings is 1. The van der Waals surface area contributed by atoms with Crippen molar-refractivity contribution in [3.05, 3.63) is 51.2 Å². The number of ether oxygens (including phenoxy) is 1. The maximum atomic E-state index is 12.4. The summed E-state index contributed by atoms with van der Waals surface area (Å²) in [6.07, 6.45) is 1.60. The van der Waals surface area contributed by atoms with Crippen LogP contribution in [0.2, 0.25) is 5.15 Å². The van der Waals surface area contributed by atoms with E-state index in [0.29, 0.717) is 16.4 Å². The molecule has 112 valence electrons. The van der Waals surface area contributed by atoms with E-state index in [9.17, 15) is 8.78 Å². The van der Waals surface area contributed by atoms with Gasteiger partial charge in [-0.25, -0.2) is 4.98 Å². The quantitative estimate of drug-likeness (QED) is 0.743. The lowest BCUT2D eigenvalue weighted by molar-refractivity contribution is -0.0504. The van der Waals surface area contributed by atoms with Crippen molar-refractivity contribution >= 4 is 33.2 Å². The van der Waals surface area contributed by atoms with Gasteiger partial charge in [-0.05, 0) is 36.8 Å². The normalized spacial score (nSPS) is 10.8. The smallest absolute Gasteiger partial charge is 0.387 e. The molecule has 2 rings (SSSR count). The first-order chi connectivity index (χ1) is 9.97. The summed E-state index contributed by atoms with van der Waals surface area (Å²) in [4.78, 5) is 3.98. The molecule has 1 heterocycles. The van der Waals surface area contributed by atoms with Crippen molar-refractivity contribution in [3.63, 3.8) is 0 Å². The Labute approximate surface area is 134 Å². The molecule has 1 N–H and O–H groups in total. The zero-order chi connectivity index (χ0) is 15.4. The summed E-state index contributed by atoms with van der Waals surface area (Å²) in [6.45, 7) is -0.699. The van der Waals surface area contributed by atoms with Gasteiger partial charge in [0, 0.05) is 22.8 Å². The van der Waals surface area contributed by atoms with Crippen molar-refractivity contribution in [3.8, 4) is 5.75 Å². The molecule has 0 spiro atoms. The molecule has 0 saturated heterocycles. The minimum Gasteiger partial charge on any atom is -0.434 e. The highest BCUT2D eigenvalue weighted by Crippen LogP contribution is 2.28. The number of rotatable bonds is 5. The molecule has 2 aromatic rings. The van der Waals surface area contributed by atoms with Gasteiger partial charge in [0.1, 0.15) is 5.75 Å². The van der Waals surface area contributed by atoms with Crippen LogP contribution in [-0.2, 0) is 6.54 Å². The van der Waals surface area contributed by atoms with Gasteiger partial charge in [0.2, 0.25) is 0 Å². The van der Waals surface area contributed by atoms with Crippen molar-refractivity contribution in [2.45, 2.75) is 20.1 Å². The molecule has 1 aromatic carbocycles. The van der Waals surface area contributed by atoms with Crippen LogP contribution in [0.15, 0.2) is 34.9 Å². The number of aryl methyl sites for hydroxylation is 1. The third-order valence-electron chi connectivity index (χ3n) is 2.81. The van der Waals surface area contributed by atoms with Crippen molar-refractivity contribution in [2.24, 2.45) is 0 Å². The average Bonchev–Trinajstić information content (AvgIpc) is 2.40. The summed E-state index contributed by atoms with van der Waals surface area (Å²) in [6, 6.07) is 6.66. The third kappa shape index (κ3) is 4.28. The zero-order valence-electron chi connectivity index (χ0n) is 11.0. The largest absolute Gasteiger partial charge is 0.434 e. The summed E-state index contributed by atoms with van der Waals surface area (Å²) in [5.74, 6) is 0.123. The first kappa shape index (κ1) is 16.0. The molecule has 0 aliphatic carbocycles. The maximum absolute atomic E-state index is 12.4. The van der Waals surface area contributed by atoms with Crippen molar-refractivity contribution in [2.75, 3.05) is 5.32 Å². The fourth-order valence-electron chi connectivity index (χ4n) is 1.82. The molecule has 0 radical (unpaired) electrons. The molecule has 0 aliphatic rings. The van der Waals surface area contributed by atoms with E-state index in [1.807, 2.05) is 13.0 Å². The number of hydrogen-bond acceptors (Lipinski definition) is 3. The molecule has 0 bridgehead atoms. The molecule has 7 heteroatoms. The summed E-state index contributed by atoms with van der Waals surface area (Å²) >= 11 is 9.33. The molecule has 21 heavy (non-hydrogen) atoms. The third-order valence-corrected chi connectivity index (χ3v) is 3.59. The molecule has 0 unspecified atom stereocenters. The van der Waals surface area contributed by atoms with Gasteiger partial charge in [-0.15, -0.1) is 0 Å². The van der Waals surface area contributed by atoms with Crippen LogP contribution in [0.5, 0.6) is 5.75 Å². The Morgan fingerprint density at radius 1 is 1.38 bits per heavy atom. The van der Waals surface area contributed by atoms with Crippen LogP contribution >= 0.6 is 27.5 Å². The summed E-state index contributed by atoms with van der Waals surface area (Å²) in [5, 5.41) is 3.43. The lowest BCUT2D eigenvalue weighted by Gasteiger charge is -2.14. The Balaban J connectivity index is 2.21. The van der Waals surface area contributed by atoms with Gasteiger partial charge in [-0.2, -0.15) is 8.78 Å². The standard InChI is InChI=1S/C14H12BrClF2N2O/c1-8-4-5-19-13(16)12(8)20-7-9-6-10(15)2-3-11(9)21-14(17)18/h2-6,14,20H,7H2,1H3. The minimum absolute atomic E-state index is 0.123. The number of aromatic nitrogens is 1. The highest BCUT2D eigenvalue weighted by molar-refractivity contribution is 9.10. The molecule has 0 fully saturated rings. The van der Waals surface area contributed by atoms with Crippen LogP contribution in [0.25, 0.3) is 0 Å². The number of anilines is 1. The molecule has 0 amide bonds. The van der Waals surface area contributed by atoms with Crippen LogP contribution < -0.4 is 10.1 Å². The van der Waals surface area contributed by atoms with Gasteiger partial charge < -0.3 is 10.1 Å².